The lowest BCUT2D eigenvalue weighted by Crippen LogP contribution is -2.44. The SMILES string of the molecule is CC(NC(=O)CCCc1nc(-c2ccc(Cl)cc2)no1)C(=O)NCc1ccccc1. The molecule has 1 aromatic heterocycles. The second-order valence-electron chi connectivity index (χ2n) is 6.86. The third kappa shape index (κ3) is 6.42. The molecule has 0 aliphatic rings. The summed E-state index contributed by atoms with van der Waals surface area (Å²) in [5.41, 5.74) is 1.81. The van der Waals surface area contributed by atoms with Crippen LogP contribution in [0.15, 0.2) is 59.1 Å². The van der Waals surface area contributed by atoms with Crippen molar-refractivity contribution >= 4 is 23.4 Å². The van der Waals surface area contributed by atoms with E-state index >= 15 is 0 Å². The van der Waals surface area contributed by atoms with Gasteiger partial charge in [-0.1, -0.05) is 47.1 Å². The molecule has 2 N–H and O–H groups in total. The first-order chi connectivity index (χ1) is 14.5. The van der Waals surface area contributed by atoms with Gasteiger partial charge in [0.25, 0.3) is 0 Å². The summed E-state index contributed by atoms with van der Waals surface area (Å²) in [5, 5.41) is 10.1. The van der Waals surface area contributed by atoms with E-state index in [-0.39, 0.29) is 18.2 Å². The molecule has 0 radical (unpaired) electrons. The normalized spacial score (nSPS) is 11.7. The molecule has 30 heavy (non-hydrogen) atoms. The number of hydrogen-bond acceptors (Lipinski definition) is 5. The number of amides is 2. The molecule has 2 amide bonds. The van der Waals surface area contributed by atoms with E-state index in [2.05, 4.69) is 20.8 Å². The maximum Gasteiger partial charge on any atom is 0.242 e. The predicted octanol–water partition coefficient (Wildman–Crippen LogP) is 3.53. The van der Waals surface area contributed by atoms with E-state index in [4.69, 9.17) is 16.1 Å². The maximum atomic E-state index is 12.1. The molecule has 156 valence electrons. The fraction of sp³-hybridized carbons (Fsp3) is 0.273. The molecule has 0 saturated heterocycles. The number of nitrogens with one attached hydrogen (secondary N) is 2. The van der Waals surface area contributed by atoms with Crippen LogP contribution < -0.4 is 10.6 Å². The van der Waals surface area contributed by atoms with Crippen LogP contribution in [0.5, 0.6) is 0 Å². The minimum atomic E-state index is -0.610. The van der Waals surface area contributed by atoms with Crippen LogP contribution in [0.1, 0.15) is 31.2 Å². The molecule has 0 aliphatic carbocycles. The van der Waals surface area contributed by atoms with Crippen molar-refractivity contribution in [2.75, 3.05) is 0 Å². The average molecular weight is 427 g/mol. The molecule has 0 bridgehead atoms. The lowest BCUT2D eigenvalue weighted by atomic mass is 10.2. The van der Waals surface area contributed by atoms with Crippen molar-refractivity contribution in [3.05, 3.63) is 71.1 Å². The molecular formula is C22H23ClN4O3. The summed E-state index contributed by atoms with van der Waals surface area (Å²) in [5.74, 6) is 0.516. The van der Waals surface area contributed by atoms with E-state index in [9.17, 15) is 9.59 Å². The second kappa shape index (κ2) is 10.5. The molecule has 1 heterocycles. The molecule has 3 aromatic rings. The van der Waals surface area contributed by atoms with Crippen molar-refractivity contribution in [2.45, 2.75) is 38.8 Å². The summed E-state index contributed by atoms with van der Waals surface area (Å²) in [4.78, 5) is 28.6. The molecule has 2 aromatic carbocycles. The molecule has 7 nitrogen and oxygen atoms in total. The van der Waals surface area contributed by atoms with Crippen LogP contribution in [0, 0.1) is 0 Å². The van der Waals surface area contributed by atoms with Crippen molar-refractivity contribution < 1.29 is 14.1 Å². The molecule has 0 spiro atoms. The zero-order chi connectivity index (χ0) is 21.3. The Balaban J connectivity index is 1.38. The number of carbonyl (C=O) groups excluding carboxylic acids is 2. The fourth-order valence-electron chi connectivity index (χ4n) is 2.79. The molecule has 3 rings (SSSR count). The largest absolute Gasteiger partial charge is 0.350 e. The van der Waals surface area contributed by atoms with E-state index in [1.165, 1.54) is 0 Å². The van der Waals surface area contributed by atoms with E-state index < -0.39 is 6.04 Å². The van der Waals surface area contributed by atoms with E-state index in [0.717, 1.165) is 11.1 Å². The van der Waals surface area contributed by atoms with Gasteiger partial charge in [-0.2, -0.15) is 4.98 Å². The summed E-state index contributed by atoms with van der Waals surface area (Å²) in [6, 6.07) is 16.1. The van der Waals surface area contributed by atoms with Crippen molar-refractivity contribution in [2.24, 2.45) is 0 Å². The van der Waals surface area contributed by atoms with Gasteiger partial charge in [0, 0.05) is 30.0 Å². The lowest BCUT2D eigenvalue weighted by molar-refractivity contribution is -0.128. The first-order valence-corrected chi connectivity index (χ1v) is 10.1. The number of halogens is 1. The van der Waals surface area contributed by atoms with Gasteiger partial charge >= 0.3 is 0 Å². The second-order valence-corrected chi connectivity index (χ2v) is 7.30. The predicted molar refractivity (Wildman–Crippen MR) is 114 cm³/mol. The number of aromatic nitrogens is 2. The van der Waals surface area contributed by atoms with Crippen LogP contribution >= 0.6 is 11.6 Å². The van der Waals surface area contributed by atoms with Gasteiger partial charge in [0.05, 0.1) is 0 Å². The van der Waals surface area contributed by atoms with Crippen LogP contribution in [0.4, 0.5) is 0 Å². The Labute approximate surface area is 179 Å². The molecule has 0 aliphatic heterocycles. The van der Waals surface area contributed by atoms with Gasteiger partial charge in [-0.05, 0) is 43.2 Å². The van der Waals surface area contributed by atoms with E-state index in [1.54, 1.807) is 19.1 Å². The number of rotatable bonds is 9. The van der Waals surface area contributed by atoms with E-state index in [0.29, 0.717) is 36.1 Å². The van der Waals surface area contributed by atoms with Crippen LogP contribution in [0.25, 0.3) is 11.4 Å². The van der Waals surface area contributed by atoms with Crippen LogP contribution in [-0.2, 0) is 22.6 Å². The Morgan fingerprint density at radius 2 is 1.83 bits per heavy atom. The monoisotopic (exact) mass is 426 g/mol. The summed E-state index contributed by atoms with van der Waals surface area (Å²) in [6.07, 6.45) is 1.27. The molecule has 8 heteroatoms. The highest BCUT2D eigenvalue weighted by Crippen LogP contribution is 2.19. The number of aryl methyl sites for hydroxylation is 1. The number of nitrogens with zero attached hydrogens (tertiary/aromatic N) is 2. The number of carbonyl (C=O) groups is 2. The van der Waals surface area contributed by atoms with Crippen molar-refractivity contribution in [1.29, 1.82) is 0 Å². The van der Waals surface area contributed by atoms with Gasteiger partial charge in [-0.25, -0.2) is 0 Å². The molecular weight excluding hydrogens is 404 g/mol. The molecule has 0 fully saturated rings. The lowest BCUT2D eigenvalue weighted by Gasteiger charge is -2.14. The van der Waals surface area contributed by atoms with E-state index in [1.807, 2.05) is 42.5 Å². The standard InChI is InChI=1S/C22H23ClN4O3/c1-15(22(29)24-14-16-6-3-2-4-7-16)25-19(28)8-5-9-20-26-21(27-30-20)17-10-12-18(23)13-11-17/h2-4,6-7,10-13,15H,5,8-9,14H2,1H3,(H,24,29)(H,25,28). The van der Waals surface area contributed by atoms with Gasteiger partial charge in [0.2, 0.25) is 23.5 Å². The third-order valence-electron chi connectivity index (χ3n) is 4.45. The quantitative estimate of drug-likeness (QED) is 0.545. The Morgan fingerprint density at radius 1 is 1.10 bits per heavy atom. The number of hydrogen-bond donors (Lipinski definition) is 2. The zero-order valence-electron chi connectivity index (χ0n) is 16.6. The molecule has 0 saturated carbocycles. The highest BCUT2D eigenvalue weighted by molar-refractivity contribution is 6.30. The van der Waals surface area contributed by atoms with Crippen LogP contribution in [0.2, 0.25) is 5.02 Å². The fourth-order valence-corrected chi connectivity index (χ4v) is 2.92. The average Bonchev–Trinajstić information content (AvgIpc) is 3.22. The molecule has 1 unspecified atom stereocenters. The van der Waals surface area contributed by atoms with Crippen molar-refractivity contribution in [3.8, 4) is 11.4 Å². The zero-order valence-corrected chi connectivity index (χ0v) is 17.4. The Hall–Kier alpha value is -3.19. The smallest absolute Gasteiger partial charge is 0.242 e. The van der Waals surface area contributed by atoms with Gasteiger partial charge < -0.3 is 15.2 Å². The van der Waals surface area contributed by atoms with Gasteiger partial charge in [0.1, 0.15) is 6.04 Å². The summed E-state index contributed by atoms with van der Waals surface area (Å²) >= 11 is 5.88. The summed E-state index contributed by atoms with van der Waals surface area (Å²) < 4.78 is 5.23. The van der Waals surface area contributed by atoms with Crippen molar-refractivity contribution in [3.63, 3.8) is 0 Å². The number of benzene rings is 2. The minimum absolute atomic E-state index is 0.199. The third-order valence-corrected chi connectivity index (χ3v) is 4.70. The Morgan fingerprint density at radius 3 is 2.57 bits per heavy atom. The first-order valence-electron chi connectivity index (χ1n) is 9.71. The van der Waals surface area contributed by atoms with Crippen LogP contribution in [-0.4, -0.2) is 28.0 Å². The maximum absolute atomic E-state index is 12.1. The Bertz CT molecular complexity index is 974. The highest BCUT2D eigenvalue weighted by atomic mass is 35.5. The van der Waals surface area contributed by atoms with Gasteiger partial charge in [0.15, 0.2) is 0 Å². The minimum Gasteiger partial charge on any atom is -0.350 e. The highest BCUT2D eigenvalue weighted by Gasteiger charge is 2.15. The summed E-state index contributed by atoms with van der Waals surface area (Å²) in [7, 11) is 0. The Kier molecular flexibility index (Phi) is 7.57. The topological polar surface area (TPSA) is 97.1 Å². The van der Waals surface area contributed by atoms with Gasteiger partial charge in [-0.15, -0.1) is 0 Å². The summed E-state index contributed by atoms with van der Waals surface area (Å²) in [6.45, 7) is 2.08. The van der Waals surface area contributed by atoms with Crippen LogP contribution in [0.3, 0.4) is 0 Å². The molecule has 1 atom stereocenters. The first kappa shape index (κ1) is 21.5. The van der Waals surface area contributed by atoms with Crippen molar-refractivity contribution in [1.82, 2.24) is 20.8 Å². The van der Waals surface area contributed by atoms with Gasteiger partial charge in [-0.3, -0.25) is 9.59 Å².